The molecule has 1 amide bonds. The van der Waals surface area contributed by atoms with Crippen LogP contribution in [0.3, 0.4) is 0 Å². The van der Waals surface area contributed by atoms with E-state index in [4.69, 9.17) is 0 Å². The lowest BCUT2D eigenvalue weighted by Crippen LogP contribution is -2.41. The van der Waals surface area contributed by atoms with Gasteiger partial charge in [-0.2, -0.15) is 13.2 Å². The van der Waals surface area contributed by atoms with Gasteiger partial charge in [0, 0.05) is 6.54 Å². The predicted molar refractivity (Wildman–Crippen MR) is 101 cm³/mol. The number of alkyl halides is 3. The maximum atomic E-state index is 13.3. The van der Waals surface area contributed by atoms with E-state index in [-0.39, 0.29) is 17.1 Å². The van der Waals surface area contributed by atoms with Crippen LogP contribution in [0.25, 0.3) is 0 Å². The minimum atomic E-state index is -4.64. The standard InChI is InChI=1S/C19H21F3N2O3S/c1-4-23-18(25)12-24(16-7-5-6-15(11-16)19(20,21)22)28(26,27)17-10-13(2)8-9-14(17)3/h5-11H,4,12H2,1-3H3,(H,23,25). The molecule has 0 unspecified atom stereocenters. The number of benzene rings is 2. The molecule has 0 aliphatic rings. The fourth-order valence-corrected chi connectivity index (χ4v) is 4.37. The highest BCUT2D eigenvalue weighted by atomic mass is 32.2. The van der Waals surface area contributed by atoms with Crippen molar-refractivity contribution in [1.29, 1.82) is 0 Å². The fraction of sp³-hybridized carbons (Fsp3) is 0.316. The molecule has 0 saturated carbocycles. The highest BCUT2D eigenvalue weighted by Crippen LogP contribution is 2.33. The molecule has 2 aromatic carbocycles. The van der Waals surface area contributed by atoms with Gasteiger partial charge in [0.1, 0.15) is 6.54 Å². The average Bonchev–Trinajstić information content (AvgIpc) is 2.61. The number of aryl methyl sites for hydroxylation is 2. The summed E-state index contributed by atoms with van der Waals surface area (Å²) in [5.41, 5.74) is -0.131. The van der Waals surface area contributed by atoms with Crippen LogP contribution in [0.5, 0.6) is 0 Å². The van der Waals surface area contributed by atoms with Gasteiger partial charge in [-0.25, -0.2) is 8.42 Å². The van der Waals surface area contributed by atoms with Crippen LogP contribution in [0.15, 0.2) is 47.4 Å². The Labute approximate surface area is 162 Å². The third kappa shape index (κ3) is 4.83. The van der Waals surface area contributed by atoms with E-state index in [2.05, 4.69) is 5.32 Å². The zero-order valence-corrected chi connectivity index (χ0v) is 16.5. The molecule has 0 fully saturated rings. The van der Waals surface area contributed by atoms with Gasteiger partial charge < -0.3 is 5.32 Å². The molecule has 28 heavy (non-hydrogen) atoms. The number of anilines is 1. The summed E-state index contributed by atoms with van der Waals surface area (Å²) in [7, 11) is -4.28. The molecule has 0 radical (unpaired) electrons. The number of carbonyl (C=O) groups is 1. The van der Waals surface area contributed by atoms with Crippen molar-refractivity contribution >= 4 is 21.6 Å². The van der Waals surface area contributed by atoms with E-state index in [1.165, 1.54) is 12.1 Å². The summed E-state index contributed by atoms with van der Waals surface area (Å²) < 4.78 is 66.6. The van der Waals surface area contributed by atoms with Crippen molar-refractivity contribution in [3.8, 4) is 0 Å². The van der Waals surface area contributed by atoms with Crippen molar-refractivity contribution in [2.24, 2.45) is 0 Å². The minimum absolute atomic E-state index is 0.0609. The number of halogens is 3. The molecular weight excluding hydrogens is 393 g/mol. The van der Waals surface area contributed by atoms with Crippen LogP contribution in [0.1, 0.15) is 23.6 Å². The zero-order valence-electron chi connectivity index (χ0n) is 15.7. The van der Waals surface area contributed by atoms with E-state index in [1.807, 2.05) is 0 Å². The quantitative estimate of drug-likeness (QED) is 0.785. The lowest BCUT2D eigenvalue weighted by molar-refractivity contribution is -0.137. The number of sulfonamides is 1. The molecule has 0 atom stereocenters. The number of nitrogens with one attached hydrogen (secondary N) is 1. The topological polar surface area (TPSA) is 66.5 Å². The lowest BCUT2D eigenvalue weighted by Gasteiger charge is -2.25. The first kappa shape index (κ1) is 21.7. The van der Waals surface area contributed by atoms with E-state index in [0.29, 0.717) is 15.4 Å². The Balaban J connectivity index is 2.63. The summed E-state index contributed by atoms with van der Waals surface area (Å²) in [5.74, 6) is -0.617. The number of hydrogen-bond acceptors (Lipinski definition) is 3. The number of hydrogen-bond donors (Lipinski definition) is 1. The van der Waals surface area contributed by atoms with Gasteiger partial charge in [0.2, 0.25) is 5.91 Å². The second-order valence-electron chi connectivity index (χ2n) is 6.28. The summed E-state index contributed by atoms with van der Waals surface area (Å²) in [6.45, 7) is 4.58. The number of nitrogens with zero attached hydrogens (tertiary/aromatic N) is 1. The summed E-state index contributed by atoms with van der Waals surface area (Å²) in [5, 5.41) is 2.47. The minimum Gasteiger partial charge on any atom is -0.355 e. The van der Waals surface area contributed by atoms with Gasteiger partial charge in [-0.05, 0) is 56.2 Å². The second-order valence-corrected chi connectivity index (χ2v) is 8.11. The summed E-state index contributed by atoms with van der Waals surface area (Å²) in [6, 6.07) is 8.69. The first-order valence-electron chi connectivity index (χ1n) is 8.50. The number of rotatable bonds is 6. The van der Waals surface area contributed by atoms with Crippen LogP contribution in [0.4, 0.5) is 18.9 Å². The average molecular weight is 414 g/mol. The molecule has 0 aliphatic heterocycles. The van der Waals surface area contributed by atoms with Gasteiger partial charge in [0.25, 0.3) is 10.0 Å². The van der Waals surface area contributed by atoms with Gasteiger partial charge >= 0.3 is 6.18 Å². The van der Waals surface area contributed by atoms with Gasteiger partial charge in [-0.3, -0.25) is 9.10 Å². The number of amides is 1. The van der Waals surface area contributed by atoms with Crippen LogP contribution in [-0.4, -0.2) is 27.4 Å². The van der Waals surface area contributed by atoms with Crippen molar-refractivity contribution in [2.45, 2.75) is 31.8 Å². The molecule has 2 aromatic rings. The smallest absolute Gasteiger partial charge is 0.355 e. The van der Waals surface area contributed by atoms with Crippen LogP contribution in [-0.2, 0) is 21.0 Å². The first-order valence-corrected chi connectivity index (χ1v) is 9.94. The highest BCUT2D eigenvalue weighted by molar-refractivity contribution is 7.93. The zero-order chi connectivity index (χ0) is 21.1. The van der Waals surface area contributed by atoms with Crippen LogP contribution in [0, 0.1) is 13.8 Å². The summed E-state index contributed by atoms with van der Waals surface area (Å²) in [6.07, 6.45) is -4.64. The first-order chi connectivity index (χ1) is 13.0. The molecule has 0 heterocycles. The second kappa shape index (κ2) is 8.22. The molecule has 0 bridgehead atoms. The molecule has 2 rings (SSSR count). The molecular formula is C19H21F3N2O3S. The monoisotopic (exact) mass is 414 g/mol. The Morgan fingerprint density at radius 3 is 2.39 bits per heavy atom. The molecule has 0 saturated heterocycles. The van der Waals surface area contributed by atoms with Gasteiger partial charge in [0.15, 0.2) is 0 Å². The Morgan fingerprint density at radius 2 is 1.79 bits per heavy atom. The van der Waals surface area contributed by atoms with Crippen molar-refractivity contribution < 1.29 is 26.4 Å². The van der Waals surface area contributed by atoms with Gasteiger partial charge in [-0.15, -0.1) is 0 Å². The van der Waals surface area contributed by atoms with E-state index >= 15 is 0 Å². The predicted octanol–water partition coefficient (Wildman–Crippen LogP) is 3.65. The van der Waals surface area contributed by atoms with Crippen molar-refractivity contribution in [3.63, 3.8) is 0 Å². The Kier molecular flexibility index (Phi) is 6.38. The lowest BCUT2D eigenvalue weighted by atomic mass is 10.2. The van der Waals surface area contributed by atoms with Crippen LogP contribution in [0.2, 0.25) is 0 Å². The van der Waals surface area contributed by atoms with Crippen molar-refractivity contribution in [1.82, 2.24) is 5.32 Å². The van der Waals surface area contributed by atoms with Gasteiger partial charge in [0.05, 0.1) is 16.1 Å². The van der Waals surface area contributed by atoms with E-state index in [1.54, 1.807) is 32.9 Å². The Hall–Kier alpha value is -2.55. The maximum Gasteiger partial charge on any atom is 0.416 e. The van der Waals surface area contributed by atoms with Crippen molar-refractivity contribution in [3.05, 3.63) is 59.2 Å². The Morgan fingerprint density at radius 1 is 1.11 bits per heavy atom. The third-order valence-electron chi connectivity index (χ3n) is 4.03. The van der Waals surface area contributed by atoms with Gasteiger partial charge in [-0.1, -0.05) is 18.2 Å². The molecule has 152 valence electrons. The molecule has 5 nitrogen and oxygen atoms in total. The summed E-state index contributed by atoms with van der Waals surface area (Å²) >= 11 is 0. The normalized spacial score (nSPS) is 11.9. The van der Waals surface area contributed by atoms with Crippen LogP contribution >= 0.6 is 0 Å². The van der Waals surface area contributed by atoms with E-state index in [0.717, 1.165) is 18.2 Å². The molecule has 0 aromatic heterocycles. The summed E-state index contributed by atoms with van der Waals surface area (Å²) in [4.78, 5) is 12.0. The molecule has 9 heteroatoms. The number of likely N-dealkylation sites (N-methyl/N-ethyl adjacent to an activating group) is 1. The molecule has 0 aliphatic carbocycles. The van der Waals surface area contributed by atoms with E-state index in [9.17, 15) is 26.4 Å². The maximum absolute atomic E-state index is 13.3. The van der Waals surface area contributed by atoms with E-state index < -0.39 is 34.2 Å². The molecule has 1 N–H and O–H groups in total. The number of carbonyl (C=O) groups excluding carboxylic acids is 1. The Bertz CT molecular complexity index is 973. The largest absolute Gasteiger partial charge is 0.416 e. The third-order valence-corrected chi connectivity index (χ3v) is 5.95. The van der Waals surface area contributed by atoms with Crippen molar-refractivity contribution in [2.75, 3.05) is 17.4 Å². The highest BCUT2D eigenvalue weighted by Gasteiger charge is 2.33. The molecule has 0 spiro atoms. The van der Waals surface area contributed by atoms with Crippen LogP contribution < -0.4 is 9.62 Å². The fourth-order valence-electron chi connectivity index (χ4n) is 2.64. The SMILES string of the molecule is CCNC(=O)CN(c1cccc(C(F)(F)F)c1)S(=O)(=O)c1cc(C)ccc1C.